The average molecular weight is 553 g/mol. The maximum absolute atomic E-state index is 13.4. The fourth-order valence-corrected chi connectivity index (χ4v) is 6.13. The molecule has 0 heterocycles. The zero-order valence-electron chi connectivity index (χ0n) is 19.0. The van der Waals surface area contributed by atoms with Gasteiger partial charge in [-0.3, -0.25) is 0 Å². The quantitative estimate of drug-likeness (QED) is 0.261. The van der Waals surface area contributed by atoms with Crippen LogP contribution in [0.2, 0.25) is 0 Å². The van der Waals surface area contributed by atoms with E-state index in [0.717, 1.165) is 41.4 Å². The Balaban J connectivity index is 1.66. The van der Waals surface area contributed by atoms with Crippen molar-refractivity contribution in [1.29, 1.82) is 0 Å². The summed E-state index contributed by atoms with van der Waals surface area (Å²) in [4.78, 5) is 2.27. The van der Waals surface area contributed by atoms with E-state index in [1.54, 1.807) is 0 Å². The standard InChI is InChI=1S/C28H26BrNO2S2/c1-20-7-15-25(16-8-20)33(31)28-6-4-3-5-23(28)19-27(22-11-13-24(29)14-12-22)30-34(32)26-17-9-21(2)10-18-26/h3-18,27,30H,19H2,1-2H3/t27-,33-,34-/m0/s1. The molecule has 3 nitrogen and oxygen atoms in total. The second kappa shape index (κ2) is 11.4. The molecule has 6 heteroatoms. The van der Waals surface area contributed by atoms with E-state index >= 15 is 0 Å². The van der Waals surface area contributed by atoms with Crippen molar-refractivity contribution in [3.05, 3.63) is 124 Å². The number of rotatable bonds is 8. The van der Waals surface area contributed by atoms with E-state index in [1.807, 2.05) is 111 Å². The van der Waals surface area contributed by atoms with Gasteiger partial charge in [-0.1, -0.05) is 81.7 Å². The fourth-order valence-electron chi connectivity index (χ4n) is 3.64. The second-order valence-corrected chi connectivity index (χ2v) is 11.8. The topological polar surface area (TPSA) is 46.2 Å². The molecule has 0 spiro atoms. The van der Waals surface area contributed by atoms with E-state index < -0.39 is 21.8 Å². The van der Waals surface area contributed by atoms with Gasteiger partial charge in [0, 0.05) is 20.3 Å². The SMILES string of the molecule is Cc1ccc([S@](=O)c2ccccc2C[C@H](N[S@@](=O)c2ccc(C)cc2)c2ccc(Br)cc2)cc1. The Bertz CT molecular complexity index is 1300. The van der Waals surface area contributed by atoms with Crippen LogP contribution in [0.15, 0.2) is 116 Å². The summed E-state index contributed by atoms with van der Waals surface area (Å²) in [5.74, 6) is 0. The fraction of sp³-hybridized carbons (Fsp3) is 0.143. The molecule has 0 fully saturated rings. The summed E-state index contributed by atoms with van der Waals surface area (Å²) in [5.41, 5.74) is 4.23. The minimum atomic E-state index is -1.39. The van der Waals surface area contributed by atoms with Crippen LogP contribution >= 0.6 is 15.9 Å². The highest BCUT2D eigenvalue weighted by atomic mass is 79.9. The van der Waals surface area contributed by atoms with Crippen molar-refractivity contribution in [2.24, 2.45) is 0 Å². The van der Waals surface area contributed by atoms with E-state index in [0.29, 0.717) is 6.42 Å². The average Bonchev–Trinajstić information content (AvgIpc) is 2.85. The van der Waals surface area contributed by atoms with Crippen LogP contribution in [-0.4, -0.2) is 8.42 Å². The molecule has 34 heavy (non-hydrogen) atoms. The number of hydrogen-bond acceptors (Lipinski definition) is 2. The van der Waals surface area contributed by atoms with Gasteiger partial charge in [0.2, 0.25) is 0 Å². The first-order chi connectivity index (χ1) is 16.4. The first-order valence-electron chi connectivity index (χ1n) is 11.0. The second-order valence-electron chi connectivity index (χ2n) is 8.20. The molecule has 0 radical (unpaired) electrons. The van der Waals surface area contributed by atoms with Crippen LogP contribution in [0.1, 0.15) is 28.3 Å². The van der Waals surface area contributed by atoms with Crippen LogP contribution < -0.4 is 4.72 Å². The van der Waals surface area contributed by atoms with Crippen LogP contribution in [0.25, 0.3) is 0 Å². The van der Waals surface area contributed by atoms with Gasteiger partial charge in [-0.25, -0.2) is 13.1 Å². The molecule has 1 N–H and O–H groups in total. The first-order valence-corrected chi connectivity index (χ1v) is 14.1. The van der Waals surface area contributed by atoms with Crippen molar-refractivity contribution in [1.82, 2.24) is 4.72 Å². The molecule has 0 saturated carbocycles. The maximum atomic E-state index is 13.4. The molecule has 0 aliphatic carbocycles. The third-order valence-corrected chi connectivity index (χ3v) is 8.81. The number of aryl methyl sites for hydroxylation is 2. The third-order valence-electron chi connectivity index (χ3n) is 5.59. The van der Waals surface area contributed by atoms with Gasteiger partial charge in [0.15, 0.2) is 0 Å². The van der Waals surface area contributed by atoms with Gasteiger partial charge < -0.3 is 0 Å². The molecule has 4 rings (SSSR count). The monoisotopic (exact) mass is 551 g/mol. The van der Waals surface area contributed by atoms with Crippen LogP contribution in [0.5, 0.6) is 0 Å². The Hall–Kier alpha value is -2.38. The molecule has 0 unspecified atom stereocenters. The summed E-state index contributed by atoms with van der Waals surface area (Å²) in [7, 11) is -2.70. The van der Waals surface area contributed by atoms with Crippen LogP contribution in [0.4, 0.5) is 0 Å². The molecule has 0 saturated heterocycles. The minimum absolute atomic E-state index is 0.230. The van der Waals surface area contributed by atoms with E-state index in [2.05, 4.69) is 20.7 Å². The highest BCUT2D eigenvalue weighted by Gasteiger charge is 2.20. The Morgan fingerprint density at radius 2 is 1.29 bits per heavy atom. The molecule has 0 aliphatic heterocycles. The van der Waals surface area contributed by atoms with Crippen LogP contribution in [0.3, 0.4) is 0 Å². The molecule has 0 aliphatic rings. The highest BCUT2D eigenvalue weighted by Crippen LogP contribution is 2.27. The summed E-state index contributed by atoms with van der Waals surface area (Å²) >= 11 is 3.50. The summed E-state index contributed by atoms with van der Waals surface area (Å²) in [6.45, 7) is 4.03. The number of halogens is 1. The number of hydrogen-bond donors (Lipinski definition) is 1. The molecule has 4 aromatic rings. The molecule has 0 bridgehead atoms. The molecular weight excluding hydrogens is 526 g/mol. The smallest absolute Gasteiger partial charge is 0.125 e. The molecule has 4 aromatic carbocycles. The van der Waals surface area contributed by atoms with Gasteiger partial charge in [-0.15, -0.1) is 0 Å². The number of benzene rings is 4. The van der Waals surface area contributed by atoms with Crippen molar-refractivity contribution in [3.8, 4) is 0 Å². The molecule has 0 amide bonds. The van der Waals surface area contributed by atoms with Crippen molar-refractivity contribution in [3.63, 3.8) is 0 Å². The third kappa shape index (κ3) is 6.19. The Morgan fingerprint density at radius 3 is 1.91 bits per heavy atom. The first kappa shape index (κ1) is 24.7. The van der Waals surface area contributed by atoms with E-state index in [9.17, 15) is 8.42 Å². The predicted octanol–water partition coefficient (Wildman–Crippen LogP) is 6.83. The summed E-state index contributed by atoms with van der Waals surface area (Å²) in [6, 6.07) is 31.1. The van der Waals surface area contributed by atoms with Crippen LogP contribution in [-0.2, 0) is 28.2 Å². The molecule has 174 valence electrons. The zero-order valence-corrected chi connectivity index (χ0v) is 22.3. The Morgan fingerprint density at radius 1 is 0.735 bits per heavy atom. The van der Waals surface area contributed by atoms with E-state index in [4.69, 9.17) is 0 Å². The minimum Gasteiger partial charge on any atom is -0.249 e. The lowest BCUT2D eigenvalue weighted by atomic mass is 10.00. The normalized spacial score (nSPS) is 13.9. The summed E-state index contributed by atoms with van der Waals surface area (Å²) in [5, 5.41) is 0. The molecule has 0 aromatic heterocycles. The molecular formula is C28H26BrNO2S2. The largest absolute Gasteiger partial charge is 0.249 e. The van der Waals surface area contributed by atoms with Crippen molar-refractivity contribution >= 4 is 37.7 Å². The van der Waals surface area contributed by atoms with Crippen molar-refractivity contribution < 1.29 is 8.42 Å². The predicted molar refractivity (Wildman–Crippen MR) is 144 cm³/mol. The lowest BCUT2D eigenvalue weighted by molar-refractivity contribution is 0.620. The lowest BCUT2D eigenvalue weighted by Gasteiger charge is -2.21. The molecule has 3 atom stereocenters. The van der Waals surface area contributed by atoms with Crippen LogP contribution in [0, 0.1) is 13.8 Å². The van der Waals surface area contributed by atoms with Crippen molar-refractivity contribution in [2.75, 3.05) is 0 Å². The van der Waals surface area contributed by atoms with Gasteiger partial charge >= 0.3 is 0 Å². The van der Waals surface area contributed by atoms with E-state index in [-0.39, 0.29) is 6.04 Å². The maximum Gasteiger partial charge on any atom is 0.125 e. The van der Waals surface area contributed by atoms with Gasteiger partial charge in [0.1, 0.15) is 11.0 Å². The lowest BCUT2D eigenvalue weighted by Crippen LogP contribution is -2.26. The Labute approximate surface area is 214 Å². The van der Waals surface area contributed by atoms with E-state index in [1.165, 1.54) is 0 Å². The zero-order chi connectivity index (χ0) is 24.1. The van der Waals surface area contributed by atoms with Gasteiger partial charge in [-0.2, -0.15) is 0 Å². The number of nitrogens with one attached hydrogen (secondary N) is 1. The van der Waals surface area contributed by atoms with Gasteiger partial charge in [0.05, 0.1) is 15.7 Å². The Kier molecular flexibility index (Phi) is 8.27. The van der Waals surface area contributed by atoms with Crippen molar-refractivity contribution in [2.45, 2.75) is 41.0 Å². The summed E-state index contributed by atoms with van der Waals surface area (Å²) < 4.78 is 30.9. The van der Waals surface area contributed by atoms with Gasteiger partial charge in [0.25, 0.3) is 0 Å². The highest BCUT2D eigenvalue weighted by molar-refractivity contribution is 9.10. The van der Waals surface area contributed by atoms with Gasteiger partial charge in [-0.05, 0) is 73.9 Å². The summed E-state index contributed by atoms with van der Waals surface area (Å²) in [6.07, 6.45) is 0.549.